The summed E-state index contributed by atoms with van der Waals surface area (Å²) in [7, 11) is 0. The lowest BCUT2D eigenvalue weighted by atomic mass is 10.2. The van der Waals surface area contributed by atoms with Gasteiger partial charge in [0.2, 0.25) is 0 Å². The number of rotatable bonds is 3. The fourth-order valence-electron chi connectivity index (χ4n) is 2.93. The minimum absolute atomic E-state index is 0.479. The Labute approximate surface area is 138 Å². The second kappa shape index (κ2) is 5.56. The number of benzene rings is 2. The number of aromatic nitrogens is 2. The molecule has 2 aromatic carbocycles. The zero-order valence-electron chi connectivity index (χ0n) is 13.1. The molecular formula is C18H16N2O4. The average Bonchev–Trinajstić information content (AvgIpc) is 2.98. The highest BCUT2D eigenvalue weighted by atomic mass is 16.6. The maximum Gasteiger partial charge on any atom is 0.326 e. The van der Waals surface area contributed by atoms with E-state index in [4.69, 9.17) is 9.47 Å². The molecule has 24 heavy (non-hydrogen) atoms. The van der Waals surface area contributed by atoms with Gasteiger partial charge in [0.05, 0.1) is 11.0 Å². The molecule has 0 fully saturated rings. The summed E-state index contributed by atoms with van der Waals surface area (Å²) < 4.78 is 13.0. The predicted molar refractivity (Wildman–Crippen MR) is 88.5 cm³/mol. The van der Waals surface area contributed by atoms with Gasteiger partial charge in [-0.15, -0.1) is 0 Å². The molecule has 0 spiro atoms. The molecule has 1 aromatic heterocycles. The molecule has 1 unspecified atom stereocenters. The third-order valence-corrected chi connectivity index (χ3v) is 4.13. The summed E-state index contributed by atoms with van der Waals surface area (Å²) in [5, 5.41) is 9.52. The molecule has 0 saturated carbocycles. The molecule has 1 aliphatic heterocycles. The Bertz CT molecular complexity index is 918. The topological polar surface area (TPSA) is 73.6 Å². The van der Waals surface area contributed by atoms with Crippen molar-refractivity contribution in [2.45, 2.75) is 13.0 Å². The number of aliphatic carboxylic acids is 1. The number of nitrogens with zero attached hydrogens (tertiary/aromatic N) is 2. The van der Waals surface area contributed by atoms with E-state index in [2.05, 4.69) is 4.98 Å². The first-order valence-electron chi connectivity index (χ1n) is 7.75. The van der Waals surface area contributed by atoms with Crippen LogP contribution in [0.2, 0.25) is 0 Å². The number of carboxylic acid groups (broad SMARTS) is 1. The quantitative estimate of drug-likeness (QED) is 0.801. The number of hydrogen-bond acceptors (Lipinski definition) is 4. The molecular weight excluding hydrogens is 308 g/mol. The van der Waals surface area contributed by atoms with Crippen molar-refractivity contribution >= 4 is 17.0 Å². The standard InChI is InChI=1S/C18H16N2O4/c1-11(18(21)22)20-14-10-16-15(23-7-8-24-16)9-13(14)19-17(20)12-5-3-2-4-6-12/h2-6,9-11H,7-8H2,1H3,(H,21,22). The number of fused-ring (bicyclic) bond motifs is 2. The van der Waals surface area contributed by atoms with Crippen LogP contribution in [0.1, 0.15) is 13.0 Å². The summed E-state index contributed by atoms with van der Waals surface area (Å²) in [5.74, 6) is 0.956. The highest BCUT2D eigenvalue weighted by Gasteiger charge is 2.24. The molecule has 6 heteroatoms. The van der Waals surface area contributed by atoms with Crippen LogP contribution in [0.4, 0.5) is 0 Å². The van der Waals surface area contributed by atoms with E-state index in [0.29, 0.717) is 41.6 Å². The molecule has 4 rings (SSSR count). The summed E-state index contributed by atoms with van der Waals surface area (Å²) >= 11 is 0. The van der Waals surface area contributed by atoms with Gasteiger partial charge in [-0.25, -0.2) is 9.78 Å². The van der Waals surface area contributed by atoms with Crippen LogP contribution in [0, 0.1) is 0 Å². The Kier molecular flexibility index (Phi) is 3.37. The Morgan fingerprint density at radius 1 is 1.17 bits per heavy atom. The molecule has 3 aromatic rings. The van der Waals surface area contributed by atoms with E-state index in [1.54, 1.807) is 17.6 Å². The van der Waals surface area contributed by atoms with Crippen LogP contribution in [-0.4, -0.2) is 33.8 Å². The van der Waals surface area contributed by atoms with Gasteiger partial charge in [0, 0.05) is 17.7 Å². The van der Waals surface area contributed by atoms with Crippen molar-refractivity contribution < 1.29 is 19.4 Å². The number of imidazole rings is 1. The molecule has 122 valence electrons. The minimum Gasteiger partial charge on any atom is -0.486 e. The molecule has 0 amide bonds. The predicted octanol–water partition coefficient (Wildman–Crippen LogP) is 3.12. The summed E-state index contributed by atoms with van der Waals surface area (Å²) in [4.78, 5) is 16.3. The maximum atomic E-state index is 11.6. The molecule has 0 radical (unpaired) electrons. The first-order chi connectivity index (χ1) is 11.6. The molecule has 2 heterocycles. The van der Waals surface area contributed by atoms with Gasteiger partial charge in [0.15, 0.2) is 11.5 Å². The zero-order chi connectivity index (χ0) is 16.7. The average molecular weight is 324 g/mol. The number of carbonyl (C=O) groups is 1. The smallest absolute Gasteiger partial charge is 0.326 e. The van der Waals surface area contributed by atoms with Crippen molar-refractivity contribution in [2.24, 2.45) is 0 Å². The summed E-state index contributed by atoms with van der Waals surface area (Å²) in [5.41, 5.74) is 2.26. The Morgan fingerprint density at radius 2 is 1.83 bits per heavy atom. The first kappa shape index (κ1) is 14.6. The molecule has 0 saturated heterocycles. The Morgan fingerprint density at radius 3 is 2.50 bits per heavy atom. The fraction of sp³-hybridized carbons (Fsp3) is 0.222. The summed E-state index contributed by atoms with van der Waals surface area (Å²) in [6.07, 6.45) is 0. The second-order valence-electron chi connectivity index (χ2n) is 5.67. The first-order valence-corrected chi connectivity index (χ1v) is 7.75. The normalized spacial score (nSPS) is 14.5. The third kappa shape index (κ3) is 2.27. The van der Waals surface area contributed by atoms with E-state index < -0.39 is 12.0 Å². The number of hydrogen-bond donors (Lipinski definition) is 1. The van der Waals surface area contributed by atoms with Gasteiger partial charge in [-0.3, -0.25) is 0 Å². The van der Waals surface area contributed by atoms with Crippen molar-refractivity contribution in [3.8, 4) is 22.9 Å². The van der Waals surface area contributed by atoms with Crippen molar-refractivity contribution in [1.29, 1.82) is 0 Å². The van der Waals surface area contributed by atoms with Gasteiger partial charge in [-0.1, -0.05) is 30.3 Å². The van der Waals surface area contributed by atoms with Gasteiger partial charge in [-0.05, 0) is 6.92 Å². The van der Waals surface area contributed by atoms with Crippen LogP contribution >= 0.6 is 0 Å². The van der Waals surface area contributed by atoms with Crippen LogP contribution in [0.3, 0.4) is 0 Å². The van der Waals surface area contributed by atoms with E-state index in [1.165, 1.54) is 0 Å². The molecule has 0 aliphatic carbocycles. The number of ether oxygens (including phenoxy) is 2. The van der Waals surface area contributed by atoms with E-state index in [0.717, 1.165) is 5.56 Å². The van der Waals surface area contributed by atoms with Crippen LogP contribution < -0.4 is 9.47 Å². The summed E-state index contributed by atoms with van der Waals surface area (Å²) in [6.45, 7) is 2.62. The van der Waals surface area contributed by atoms with Crippen LogP contribution in [0.15, 0.2) is 42.5 Å². The van der Waals surface area contributed by atoms with E-state index >= 15 is 0 Å². The SMILES string of the molecule is CC(C(=O)O)n1c(-c2ccccc2)nc2cc3c(cc21)OCCO3. The van der Waals surface area contributed by atoms with Crippen LogP contribution in [0.5, 0.6) is 11.5 Å². The van der Waals surface area contributed by atoms with Gasteiger partial charge in [-0.2, -0.15) is 0 Å². The van der Waals surface area contributed by atoms with Crippen molar-refractivity contribution in [1.82, 2.24) is 9.55 Å². The van der Waals surface area contributed by atoms with Gasteiger partial charge >= 0.3 is 5.97 Å². The zero-order valence-corrected chi connectivity index (χ0v) is 13.1. The lowest BCUT2D eigenvalue weighted by molar-refractivity contribution is -0.140. The lowest BCUT2D eigenvalue weighted by Crippen LogP contribution is -2.17. The third-order valence-electron chi connectivity index (χ3n) is 4.13. The number of carboxylic acids is 1. The van der Waals surface area contributed by atoms with Gasteiger partial charge < -0.3 is 19.1 Å². The molecule has 1 N–H and O–H groups in total. The molecule has 6 nitrogen and oxygen atoms in total. The van der Waals surface area contributed by atoms with Gasteiger partial charge in [0.25, 0.3) is 0 Å². The molecule has 1 aliphatic rings. The molecule has 0 bridgehead atoms. The van der Waals surface area contributed by atoms with Crippen molar-refractivity contribution in [3.05, 3.63) is 42.5 Å². The maximum absolute atomic E-state index is 11.6. The summed E-state index contributed by atoms with van der Waals surface area (Å²) in [6, 6.07) is 12.4. The van der Waals surface area contributed by atoms with E-state index in [-0.39, 0.29) is 0 Å². The Balaban J connectivity index is 2.00. The minimum atomic E-state index is -0.915. The van der Waals surface area contributed by atoms with Crippen molar-refractivity contribution in [3.63, 3.8) is 0 Å². The van der Waals surface area contributed by atoms with Crippen molar-refractivity contribution in [2.75, 3.05) is 13.2 Å². The fourth-order valence-corrected chi connectivity index (χ4v) is 2.93. The van der Waals surface area contributed by atoms with Gasteiger partial charge in [0.1, 0.15) is 25.1 Å². The highest BCUT2D eigenvalue weighted by Crippen LogP contribution is 2.37. The second-order valence-corrected chi connectivity index (χ2v) is 5.67. The van der Waals surface area contributed by atoms with Crippen LogP contribution in [0.25, 0.3) is 22.4 Å². The van der Waals surface area contributed by atoms with Crippen LogP contribution in [-0.2, 0) is 4.79 Å². The van der Waals surface area contributed by atoms with E-state index in [9.17, 15) is 9.90 Å². The highest BCUT2D eigenvalue weighted by molar-refractivity contribution is 5.87. The monoisotopic (exact) mass is 324 g/mol. The Hall–Kier alpha value is -3.02. The largest absolute Gasteiger partial charge is 0.486 e. The van der Waals surface area contributed by atoms with E-state index in [1.807, 2.05) is 36.4 Å². The lowest BCUT2D eigenvalue weighted by Gasteiger charge is -2.19. The molecule has 1 atom stereocenters.